The molecule has 0 aliphatic rings. The SMILES string of the molecule is O=C(N[C@H]([NH2+]Cc1ccco1)C(Cl)(Cl)Cl)c1ccccc1Cl. The predicted molar refractivity (Wildman–Crippen MR) is 87.3 cm³/mol. The third kappa shape index (κ3) is 4.80. The number of hydrogen-bond acceptors (Lipinski definition) is 2. The second-order valence-corrected chi connectivity index (χ2v) is 7.27. The largest absolute Gasteiger partial charge is 0.463 e. The van der Waals surface area contributed by atoms with Gasteiger partial charge >= 0.3 is 0 Å². The first-order valence-corrected chi connectivity index (χ1v) is 7.87. The van der Waals surface area contributed by atoms with E-state index in [2.05, 4.69) is 5.32 Å². The number of carbonyl (C=O) groups is 1. The summed E-state index contributed by atoms with van der Waals surface area (Å²) in [6.45, 7) is 0.411. The molecule has 0 saturated heterocycles. The zero-order valence-corrected chi connectivity index (χ0v) is 14.3. The summed E-state index contributed by atoms with van der Waals surface area (Å²) in [5.41, 5.74) is 0.315. The lowest BCUT2D eigenvalue weighted by molar-refractivity contribution is -0.708. The number of hydrogen-bond donors (Lipinski definition) is 2. The monoisotopic (exact) mass is 381 g/mol. The topological polar surface area (TPSA) is 58.9 Å². The average molecular weight is 383 g/mol. The summed E-state index contributed by atoms with van der Waals surface area (Å²) in [6, 6.07) is 10.2. The fourth-order valence-electron chi connectivity index (χ4n) is 1.80. The van der Waals surface area contributed by atoms with Gasteiger partial charge in [0.05, 0.1) is 16.8 Å². The first kappa shape index (κ1) is 17.4. The Morgan fingerprint density at radius 1 is 1.23 bits per heavy atom. The number of nitrogens with two attached hydrogens (primary N) is 1. The summed E-state index contributed by atoms with van der Waals surface area (Å²) in [5.74, 6) is 0.281. The molecular weight excluding hydrogens is 370 g/mol. The maximum Gasteiger partial charge on any atom is 0.262 e. The lowest BCUT2D eigenvalue weighted by Crippen LogP contribution is -2.95. The summed E-state index contributed by atoms with van der Waals surface area (Å²) < 4.78 is 3.52. The van der Waals surface area contributed by atoms with Gasteiger partial charge in [-0.2, -0.15) is 0 Å². The Hall–Kier alpha value is -0.910. The standard InChI is InChI=1S/C14H12Cl4N2O2/c15-11-6-2-1-5-10(11)12(21)20-13(14(16,17)18)19-8-9-4-3-7-22-9/h1-7,13,19H,8H2,(H,20,21)/p+1/t13-/m0/s1. The van der Waals surface area contributed by atoms with Crippen LogP contribution in [-0.4, -0.2) is 15.9 Å². The molecule has 1 amide bonds. The molecule has 0 saturated carbocycles. The van der Waals surface area contributed by atoms with Crippen LogP contribution in [0.2, 0.25) is 5.02 Å². The van der Waals surface area contributed by atoms with Gasteiger partial charge in [0.1, 0.15) is 6.54 Å². The van der Waals surface area contributed by atoms with Gasteiger partial charge in [0, 0.05) is 0 Å². The molecule has 2 rings (SSSR count). The molecule has 1 atom stereocenters. The van der Waals surface area contributed by atoms with Gasteiger partial charge in [0.25, 0.3) is 9.70 Å². The Morgan fingerprint density at radius 3 is 2.55 bits per heavy atom. The van der Waals surface area contributed by atoms with Crippen molar-refractivity contribution in [3.8, 4) is 0 Å². The van der Waals surface area contributed by atoms with Crippen LogP contribution in [0, 0.1) is 0 Å². The molecule has 1 heterocycles. The maximum absolute atomic E-state index is 12.3. The van der Waals surface area contributed by atoms with Crippen LogP contribution >= 0.6 is 46.4 Å². The van der Waals surface area contributed by atoms with Crippen molar-refractivity contribution in [2.45, 2.75) is 16.5 Å². The van der Waals surface area contributed by atoms with E-state index < -0.39 is 15.9 Å². The van der Waals surface area contributed by atoms with E-state index in [0.29, 0.717) is 22.9 Å². The third-order valence-electron chi connectivity index (χ3n) is 2.89. The molecule has 2 aromatic rings. The zero-order chi connectivity index (χ0) is 16.2. The first-order valence-electron chi connectivity index (χ1n) is 6.36. The van der Waals surface area contributed by atoms with Gasteiger partial charge in [0.15, 0.2) is 5.76 Å². The van der Waals surface area contributed by atoms with Gasteiger partial charge in [-0.05, 0) is 24.3 Å². The summed E-state index contributed by atoms with van der Waals surface area (Å²) in [4.78, 5) is 12.3. The van der Waals surface area contributed by atoms with Gasteiger partial charge < -0.3 is 9.73 Å². The highest BCUT2D eigenvalue weighted by atomic mass is 35.6. The Kier molecular flexibility index (Phi) is 6.01. The molecule has 0 fully saturated rings. The smallest absolute Gasteiger partial charge is 0.262 e. The summed E-state index contributed by atoms with van der Waals surface area (Å²) in [6.07, 6.45) is 0.752. The van der Waals surface area contributed by atoms with Crippen molar-refractivity contribution < 1.29 is 14.5 Å². The Morgan fingerprint density at radius 2 is 1.95 bits per heavy atom. The number of alkyl halides is 3. The normalized spacial score (nSPS) is 12.9. The van der Waals surface area contributed by atoms with Gasteiger partial charge in [-0.1, -0.05) is 58.5 Å². The van der Waals surface area contributed by atoms with Crippen molar-refractivity contribution in [2.24, 2.45) is 0 Å². The van der Waals surface area contributed by atoms with Gasteiger partial charge in [-0.25, -0.2) is 0 Å². The van der Waals surface area contributed by atoms with Crippen molar-refractivity contribution in [1.82, 2.24) is 5.32 Å². The lowest BCUT2D eigenvalue weighted by Gasteiger charge is -2.23. The molecule has 8 heteroatoms. The van der Waals surface area contributed by atoms with E-state index in [1.54, 1.807) is 48.0 Å². The number of amides is 1. The van der Waals surface area contributed by atoms with E-state index in [4.69, 9.17) is 50.8 Å². The summed E-state index contributed by atoms with van der Waals surface area (Å²) in [7, 11) is 0. The van der Waals surface area contributed by atoms with E-state index >= 15 is 0 Å². The van der Waals surface area contributed by atoms with E-state index in [9.17, 15) is 4.79 Å². The van der Waals surface area contributed by atoms with E-state index in [-0.39, 0.29) is 0 Å². The predicted octanol–water partition coefficient (Wildman–Crippen LogP) is 3.12. The van der Waals surface area contributed by atoms with E-state index in [1.807, 2.05) is 0 Å². The van der Waals surface area contributed by atoms with Crippen LogP contribution in [0.3, 0.4) is 0 Å². The zero-order valence-electron chi connectivity index (χ0n) is 11.2. The second kappa shape index (κ2) is 7.57. The van der Waals surface area contributed by atoms with Crippen LogP contribution in [0.25, 0.3) is 0 Å². The van der Waals surface area contributed by atoms with Crippen molar-refractivity contribution in [3.63, 3.8) is 0 Å². The molecule has 4 nitrogen and oxygen atoms in total. The van der Waals surface area contributed by atoms with Crippen LogP contribution in [0.5, 0.6) is 0 Å². The Balaban J connectivity index is 2.06. The van der Waals surface area contributed by atoms with E-state index in [0.717, 1.165) is 0 Å². The summed E-state index contributed by atoms with van der Waals surface area (Å²) >= 11 is 23.8. The summed E-state index contributed by atoms with van der Waals surface area (Å²) in [5, 5.41) is 4.66. The molecule has 0 bridgehead atoms. The minimum atomic E-state index is -1.69. The molecule has 118 valence electrons. The highest BCUT2D eigenvalue weighted by molar-refractivity contribution is 6.68. The van der Waals surface area contributed by atoms with Crippen LogP contribution in [0.15, 0.2) is 47.1 Å². The van der Waals surface area contributed by atoms with Crippen molar-refractivity contribution >= 4 is 52.3 Å². The number of halogens is 4. The van der Waals surface area contributed by atoms with Crippen LogP contribution in [-0.2, 0) is 6.54 Å². The number of rotatable bonds is 5. The number of benzene rings is 1. The van der Waals surface area contributed by atoms with Gasteiger partial charge in [0.2, 0.25) is 6.17 Å². The number of quaternary nitrogens is 1. The van der Waals surface area contributed by atoms with Crippen molar-refractivity contribution in [3.05, 3.63) is 59.0 Å². The number of nitrogens with one attached hydrogen (secondary N) is 1. The van der Waals surface area contributed by atoms with E-state index in [1.165, 1.54) is 0 Å². The Labute approximate surface area is 147 Å². The fourth-order valence-corrected chi connectivity index (χ4v) is 2.45. The maximum atomic E-state index is 12.3. The molecule has 0 aliphatic carbocycles. The fraction of sp³-hybridized carbons (Fsp3) is 0.214. The molecule has 1 aromatic heterocycles. The number of carbonyl (C=O) groups excluding carboxylic acids is 1. The molecular formula is C14H13Cl4N2O2+. The average Bonchev–Trinajstić information content (AvgIpc) is 2.95. The van der Waals surface area contributed by atoms with Crippen molar-refractivity contribution in [1.29, 1.82) is 0 Å². The molecule has 3 N–H and O–H groups in total. The molecule has 0 unspecified atom stereocenters. The van der Waals surface area contributed by atoms with Crippen LogP contribution in [0.4, 0.5) is 0 Å². The minimum Gasteiger partial charge on any atom is -0.463 e. The molecule has 0 spiro atoms. The lowest BCUT2D eigenvalue weighted by atomic mass is 10.2. The molecule has 22 heavy (non-hydrogen) atoms. The molecule has 0 aliphatic heterocycles. The van der Waals surface area contributed by atoms with Gasteiger partial charge in [-0.3, -0.25) is 10.1 Å². The molecule has 0 radical (unpaired) electrons. The highest BCUT2D eigenvalue weighted by Gasteiger charge is 2.37. The minimum absolute atomic E-state index is 0.315. The highest BCUT2D eigenvalue weighted by Crippen LogP contribution is 2.28. The first-order chi connectivity index (χ1) is 10.4. The molecule has 1 aromatic carbocycles. The van der Waals surface area contributed by atoms with Gasteiger partial charge in [-0.15, -0.1) is 0 Å². The Bertz CT molecular complexity index is 626. The van der Waals surface area contributed by atoms with Crippen molar-refractivity contribution in [2.75, 3.05) is 0 Å². The second-order valence-electron chi connectivity index (χ2n) is 4.49. The quantitative estimate of drug-likeness (QED) is 0.616. The van der Waals surface area contributed by atoms with Crippen LogP contribution in [0.1, 0.15) is 16.1 Å². The third-order valence-corrected chi connectivity index (χ3v) is 3.93. The van der Waals surface area contributed by atoms with Crippen LogP contribution < -0.4 is 10.6 Å². The number of furan rings is 1.